The molecule has 0 amide bonds. The van der Waals surface area contributed by atoms with Crippen molar-refractivity contribution >= 4 is 11.9 Å². The Labute approximate surface area is 315 Å². The Kier molecular flexibility index (Phi) is 40.5. The molecule has 0 aliphatic carbocycles. The topological polar surface area (TPSA) is 94.5 Å². The molecule has 0 fully saturated rings. The van der Waals surface area contributed by atoms with Gasteiger partial charge < -0.3 is 24.1 Å². The Morgan fingerprint density at radius 1 is 0.471 bits per heavy atom. The second kappa shape index (κ2) is 41.5. The first-order valence-electron chi connectivity index (χ1n) is 21.9. The van der Waals surface area contributed by atoms with Crippen LogP contribution in [-0.4, -0.2) is 87.3 Å². The van der Waals surface area contributed by atoms with Crippen LogP contribution >= 0.6 is 0 Å². The Hall–Kier alpha value is -1.22. The summed E-state index contributed by atoms with van der Waals surface area (Å²) >= 11 is 0. The van der Waals surface area contributed by atoms with E-state index in [4.69, 9.17) is 18.9 Å². The molecule has 1 N–H and O–H groups in total. The molecule has 0 aliphatic rings. The summed E-state index contributed by atoms with van der Waals surface area (Å²) in [4.78, 5) is 26.8. The van der Waals surface area contributed by atoms with Crippen LogP contribution < -0.4 is 0 Å². The summed E-state index contributed by atoms with van der Waals surface area (Å²) in [6, 6.07) is 0. The van der Waals surface area contributed by atoms with Crippen molar-refractivity contribution in [3.63, 3.8) is 0 Å². The molecule has 0 atom stereocenters. The number of hydrogen-bond acceptors (Lipinski definition) is 8. The molecule has 0 aromatic rings. The van der Waals surface area contributed by atoms with Gasteiger partial charge in [-0.15, -0.1) is 0 Å². The van der Waals surface area contributed by atoms with E-state index in [1.807, 2.05) is 0 Å². The third-order valence-corrected chi connectivity index (χ3v) is 9.71. The van der Waals surface area contributed by atoms with Crippen molar-refractivity contribution < 1.29 is 33.6 Å². The highest BCUT2D eigenvalue weighted by atomic mass is 16.6. The molecule has 0 aromatic heterocycles. The van der Waals surface area contributed by atoms with E-state index in [2.05, 4.69) is 25.7 Å². The van der Waals surface area contributed by atoms with E-state index in [-0.39, 0.29) is 31.1 Å². The van der Waals surface area contributed by atoms with Crippen molar-refractivity contribution in [2.24, 2.45) is 0 Å². The summed E-state index contributed by atoms with van der Waals surface area (Å²) in [7, 11) is 0. The van der Waals surface area contributed by atoms with Gasteiger partial charge >= 0.3 is 11.9 Å². The van der Waals surface area contributed by atoms with Crippen LogP contribution in [0.2, 0.25) is 0 Å². The first-order valence-corrected chi connectivity index (χ1v) is 21.9. The summed E-state index contributed by atoms with van der Waals surface area (Å²) in [5, 5.41) is 9.47. The van der Waals surface area contributed by atoms with Gasteiger partial charge in [0.15, 0.2) is 0 Å². The van der Waals surface area contributed by atoms with Crippen molar-refractivity contribution in [1.82, 2.24) is 4.90 Å². The molecule has 0 bridgehead atoms. The molecule has 8 heteroatoms. The van der Waals surface area contributed by atoms with Crippen LogP contribution in [-0.2, 0) is 28.5 Å². The molecule has 8 nitrogen and oxygen atoms in total. The number of aliphatic hydroxyl groups excluding tert-OH is 1. The average Bonchev–Trinajstić information content (AvgIpc) is 3.12. The number of esters is 2. The predicted octanol–water partition coefficient (Wildman–Crippen LogP) is 10.8. The van der Waals surface area contributed by atoms with Gasteiger partial charge in [0.1, 0.15) is 6.10 Å². The van der Waals surface area contributed by atoms with Gasteiger partial charge in [0.05, 0.1) is 46.1 Å². The third-order valence-electron chi connectivity index (χ3n) is 9.71. The lowest BCUT2D eigenvalue weighted by Gasteiger charge is -2.21. The lowest BCUT2D eigenvalue weighted by atomic mass is 10.0. The van der Waals surface area contributed by atoms with E-state index in [9.17, 15) is 14.7 Å². The maximum absolute atomic E-state index is 12.6. The van der Waals surface area contributed by atoms with Crippen molar-refractivity contribution in [2.75, 3.05) is 59.3 Å². The lowest BCUT2D eigenvalue weighted by Crippen LogP contribution is -2.31. The minimum Gasteiger partial charge on any atom is -0.466 e. The van der Waals surface area contributed by atoms with Crippen LogP contribution in [0.15, 0.2) is 0 Å². The third kappa shape index (κ3) is 38.3. The van der Waals surface area contributed by atoms with E-state index in [1.54, 1.807) is 0 Å². The average molecular weight is 728 g/mol. The van der Waals surface area contributed by atoms with Gasteiger partial charge in [-0.05, 0) is 51.5 Å². The van der Waals surface area contributed by atoms with E-state index >= 15 is 0 Å². The van der Waals surface area contributed by atoms with Gasteiger partial charge in [-0.3, -0.25) is 14.5 Å². The molecular weight excluding hydrogens is 642 g/mol. The molecule has 0 aromatic carbocycles. The summed E-state index contributed by atoms with van der Waals surface area (Å²) in [5.74, 6) is -0.228. The maximum atomic E-state index is 12.6. The van der Waals surface area contributed by atoms with Gasteiger partial charge in [0.25, 0.3) is 0 Å². The first-order chi connectivity index (χ1) is 25.1. The summed E-state index contributed by atoms with van der Waals surface area (Å²) in [6.45, 7) is 11.5. The fourth-order valence-electron chi connectivity index (χ4n) is 6.41. The second-order valence-electron chi connectivity index (χ2n) is 14.6. The molecule has 0 radical (unpaired) electrons. The van der Waals surface area contributed by atoms with Gasteiger partial charge in [0, 0.05) is 19.5 Å². The highest BCUT2D eigenvalue weighted by molar-refractivity contribution is 5.69. The van der Waals surface area contributed by atoms with Gasteiger partial charge in [0.2, 0.25) is 0 Å². The summed E-state index contributed by atoms with van der Waals surface area (Å²) in [5.41, 5.74) is 0. The fourth-order valence-corrected chi connectivity index (χ4v) is 6.41. The van der Waals surface area contributed by atoms with Crippen molar-refractivity contribution in [3.8, 4) is 0 Å². The fraction of sp³-hybridized carbons (Fsp3) is 0.953. The predicted molar refractivity (Wildman–Crippen MR) is 212 cm³/mol. The second-order valence-corrected chi connectivity index (χ2v) is 14.6. The molecule has 0 saturated heterocycles. The minimum absolute atomic E-state index is 0.0378. The molecule has 304 valence electrons. The maximum Gasteiger partial charge on any atom is 0.308 e. The quantitative estimate of drug-likeness (QED) is 0.0490. The minimum atomic E-state index is -0.150. The zero-order valence-electron chi connectivity index (χ0n) is 34.1. The Morgan fingerprint density at radius 3 is 1.51 bits per heavy atom. The van der Waals surface area contributed by atoms with Crippen molar-refractivity contribution in [1.29, 1.82) is 0 Å². The SMILES string of the molecule is CCCCCCCCCCCOC(=O)CCCCCN(CCO)CCOCCOCCC(=O)OC(CCCCCCCC)CCCCCCCC. The summed E-state index contributed by atoms with van der Waals surface area (Å²) in [6.07, 6.45) is 31.9. The highest BCUT2D eigenvalue weighted by Gasteiger charge is 2.14. The van der Waals surface area contributed by atoms with Crippen LogP contribution in [0.4, 0.5) is 0 Å². The Bertz CT molecular complexity index is 706. The van der Waals surface area contributed by atoms with E-state index in [1.165, 1.54) is 109 Å². The number of ether oxygens (including phenoxy) is 4. The molecule has 0 heterocycles. The molecule has 0 rings (SSSR count). The molecule has 0 saturated carbocycles. The van der Waals surface area contributed by atoms with E-state index in [0.717, 1.165) is 70.9 Å². The van der Waals surface area contributed by atoms with Crippen LogP contribution in [0, 0.1) is 0 Å². The number of aliphatic hydroxyl groups is 1. The zero-order valence-corrected chi connectivity index (χ0v) is 34.1. The number of hydrogen-bond donors (Lipinski definition) is 1. The number of unbranched alkanes of at least 4 members (excludes halogenated alkanes) is 20. The monoisotopic (exact) mass is 728 g/mol. The largest absolute Gasteiger partial charge is 0.466 e. The Balaban J connectivity index is 3.92. The molecule has 0 aliphatic heterocycles. The van der Waals surface area contributed by atoms with Gasteiger partial charge in [-0.1, -0.05) is 143 Å². The Morgan fingerprint density at radius 2 is 0.961 bits per heavy atom. The highest BCUT2D eigenvalue weighted by Crippen LogP contribution is 2.17. The van der Waals surface area contributed by atoms with Crippen molar-refractivity contribution in [2.45, 2.75) is 207 Å². The molecule has 0 spiro atoms. The van der Waals surface area contributed by atoms with Crippen molar-refractivity contribution in [3.05, 3.63) is 0 Å². The number of rotatable bonds is 42. The van der Waals surface area contributed by atoms with Crippen LogP contribution in [0.3, 0.4) is 0 Å². The zero-order chi connectivity index (χ0) is 37.3. The van der Waals surface area contributed by atoms with Crippen LogP contribution in [0.1, 0.15) is 201 Å². The van der Waals surface area contributed by atoms with E-state index < -0.39 is 0 Å². The van der Waals surface area contributed by atoms with Crippen LogP contribution in [0.25, 0.3) is 0 Å². The molecule has 51 heavy (non-hydrogen) atoms. The lowest BCUT2D eigenvalue weighted by molar-refractivity contribution is -0.151. The van der Waals surface area contributed by atoms with E-state index in [0.29, 0.717) is 46.0 Å². The molecule has 0 unspecified atom stereocenters. The first kappa shape index (κ1) is 49.8. The van der Waals surface area contributed by atoms with Gasteiger partial charge in [-0.25, -0.2) is 0 Å². The molecular formula is C43H85NO7. The standard InChI is InChI=1S/C43H85NO7/c1-4-7-10-13-16-17-18-21-27-36-50-42(46)30-25-22-26-32-44(33-35-45)34-38-49-40-39-48-37-31-43(47)51-41(28-23-19-14-11-8-5-2)29-24-20-15-12-9-6-3/h41,45H,4-40H2,1-3H3. The van der Waals surface area contributed by atoms with Crippen LogP contribution in [0.5, 0.6) is 0 Å². The number of carbonyl (C=O) groups is 2. The number of nitrogens with zero attached hydrogens (tertiary/aromatic N) is 1. The summed E-state index contributed by atoms with van der Waals surface area (Å²) < 4.78 is 22.7. The smallest absolute Gasteiger partial charge is 0.308 e. The normalized spacial score (nSPS) is 11.6. The number of carbonyl (C=O) groups excluding carboxylic acids is 2. The van der Waals surface area contributed by atoms with Gasteiger partial charge in [-0.2, -0.15) is 0 Å².